The van der Waals surface area contributed by atoms with Crippen molar-refractivity contribution in [3.63, 3.8) is 0 Å². The normalized spacial score (nSPS) is 12.9. The first-order valence-corrected chi connectivity index (χ1v) is 15.6. The molecular formula is C37H46N2O12. The van der Waals surface area contributed by atoms with Gasteiger partial charge in [0.15, 0.2) is 11.5 Å². The van der Waals surface area contributed by atoms with E-state index in [9.17, 15) is 19.2 Å². The second-order valence-corrected chi connectivity index (χ2v) is 10.8. The lowest BCUT2D eigenvalue weighted by atomic mass is 9.88. The molecular weight excluding hydrogens is 664 g/mol. The van der Waals surface area contributed by atoms with Gasteiger partial charge in [0.25, 0.3) is 0 Å². The van der Waals surface area contributed by atoms with Gasteiger partial charge in [0.1, 0.15) is 0 Å². The van der Waals surface area contributed by atoms with E-state index in [4.69, 9.17) is 34.6 Å². The zero-order valence-corrected chi connectivity index (χ0v) is 28.8. The van der Waals surface area contributed by atoms with Crippen molar-refractivity contribution in [2.45, 2.75) is 18.9 Å². The van der Waals surface area contributed by atoms with E-state index in [-0.39, 0.29) is 5.48 Å². The van der Waals surface area contributed by atoms with Gasteiger partial charge in [-0.15, -0.1) is 0 Å². The minimum Gasteiger partial charge on any atom is -0.493 e. The highest BCUT2D eigenvalue weighted by Gasteiger charge is 2.22. The molecule has 1 aliphatic heterocycles. The number of carbonyl (C=O) groups is 4. The molecule has 0 saturated carbocycles. The van der Waals surface area contributed by atoms with Crippen LogP contribution in [-0.2, 0) is 25.7 Å². The lowest BCUT2D eigenvalue weighted by Gasteiger charge is -2.35. The van der Waals surface area contributed by atoms with Gasteiger partial charge < -0.3 is 45.0 Å². The third-order valence-corrected chi connectivity index (χ3v) is 7.52. The van der Waals surface area contributed by atoms with Crippen LogP contribution in [0.15, 0.2) is 97.1 Å². The van der Waals surface area contributed by atoms with Crippen LogP contribution in [0.2, 0.25) is 0 Å². The van der Waals surface area contributed by atoms with Crippen molar-refractivity contribution in [2.24, 2.45) is 0 Å². The summed E-state index contributed by atoms with van der Waals surface area (Å²) in [5.74, 6) is -2.48. The van der Waals surface area contributed by atoms with Crippen molar-refractivity contribution in [2.75, 3.05) is 54.1 Å². The molecule has 1 fully saturated rings. The van der Waals surface area contributed by atoms with E-state index in [1.54, 1.807) is 21.3 Å². The number of piperazine rings is 1. The van der Waals surface area contributed by atoms with Crippen molar-refractivity contribution in [3.05, 3.63) is 114 Å². The highest BCUT2D eigenvalue weighted by atomic mass is 16.5. The van der Waals surface area contributed by atoms with Gasteiger partial charge in [-0.25, -0.2) is 19.2 Å². The Bertz CT molecular complexity index is 1470. The molecule has 1 heterocycles. The molecule has 3 aromatic carbocycles. The number of carboxylic acids is 4. The Balaban J connectivity index is 0.000000638. The predicted molar refractivity (Wildman–Crippen MR) is 190 cm³/mol. The largest absolute Gasteiger partial charge is 0.493 e. The number of hydrogen-bond acceptors (Lipinski definition) is 9. The summed E-state index contributed by atoms with van der Waals surface area (Å²) in [6, 6.07) is 25.8. The van der Waals surface area contributed by atoms with Crippen LogP contribution in [-0.4, -0.2) is 114 Å². The van der Waals surface area contributed by atoms with E-state index in [0.717, 1.165) is 57.0 Å². The number of hydrogen-bond donors (Lipinski definition) is 4. The zero-order chi connectivity index (χ0) is 36.9. The van der Waals surface area contributed by atoms with Crippen LogP contribution < -0.4 is 14.2 Å². The third-order valence-electron chi connectivity index (χ3n) is 7.52. The quantitative estimate of drug-likeness (QED) is 0.176. The van der Waals surface area contributed by atoms with Crippen molar-refractivity contribution in [1.82, 2.24) is 9.80 Å². The van der Waals surface area contributed by atoms with Gasteiger partial charge in [-0.2, -0.15) is 0 Å². The zero-order valence-electron chi connectivity index (χ0n) is 28.8. The lowest BCUT2D eigenvalue weighted by molar-refractivity contribution is -0.134. The molecule has 14 heteroatoms. The summed E-state index contributed by atoms with van der Waals surface area (Å²) in [6.07, 6.45) is 3.35. The first-order chi connectivity index (χ1) is 24.0. The van der Waals surface area contributed by atoms with Crippen LogP contribution in [0, 0.1) is 0 Å². The van der Waals surface area contributed by atoms with Crippen LogP contribution in [0.3, 0.4) is 0 Å². The fourth-order valence-corrected chi connectivity index (χ4v) is 5.19. The molecule has 0 radical (unpaired) electrons. The van der Waals surface area contributed by atoms with Gasteiger partial charge in [-0.1, -0.05) is 66.7 Å². The average molecular weight is 711 g/mol. The van der Waals surface area contributed by atoms with E-state index < -0.39 is 23.9 Å². The SMILES string of the molecule is COc1ccc(CN2CCN(CCC(c3ccccc3)c3ccccc3)CC2)c(OC)c1OC.O.O=C(O)/C=C/C(=O)O.O=C(O)/C=C/C(=O)O. The van der Waals surface area contributed by atoms with Gasteiger partial charge in [-0.05, 0) is 30.2 Å². The minimum atomic E-state index is -1.26. The summed E-state index contributed by atoms with van der Waals surface area (Å²) in [6.45, 7) is 6.17. The predicted octanol–water partition coefficient (Wildman–Crippen LogP) is 3.65. The highest BCUT2D eigenvalue weighted by Crippen LogP contribution is 2.40. The molecule has 0 bridgehead atoms. The first kappa shape index (κ1) is 43.3. The third kappa shape index (κ3) is 16.0. The molecule has 1 saturated heterocycles. The smallest absolute Gasteiger partial charge is 0.328 e. The molecule has 1 aliphatic rings. The molecule has 276 valence electrons. The van der Waals surface area contributed by atoms with E-state index >= 15 is 0 Å². The average Bonchev–Trinajstić information content (AvgIpc) is 3.11. The highest BCUT2D eigenvalue weighted by molar-refractivity contribution is 5.90. The molecule has 0 unspecified atom stereocenters. The summed E-state index contributed by atoms with van der Waals surface area (Å²) < 4.78 is 16.7. The number of rotatable bonds is 14. The van der Waals surface area contributed by atoms with Crippen LogP contribution >= 0.6 is 0 Å². The van der Waals surface area contributed by atoms with Crippen LogP contribution in [0.25, 0.3) is 0 Å². The topological polar surface area (TPSA) is 215 Å². The van der Waals surface area contributed by atoms with E-state index in [0.29, 0.717) is 41.7 Å². The van der Waals surface area contributed by atoms with E-state index in [1.165, 1.54) is 11.1 Å². The number of carboxylic acid groups (broad SMARTS) is 4. The number of ether oxygens (including phenoxy) is 3. The number of methoxy groups -OCH3 is 3. The Morgan fingerprint density at radius 1 is 0.608 bits per heavy atom. The molecule has 6 N–H and O–H groups in total. The van der Waals surface area contributed by atoms with E-state index in [1.807, 2.05) is 6.07 Å². The van der Waals surface area contributed by atoms with Crippen LogP contribution in [0.5, 0.6) is 17.2 Å². The summed E-state index contributed by atoms with van der Waals surface area (Å²) in [7, 11) is 4.99. The molecule has 4 rings (SSSR count). The molecule has 51 heavy (non-hydrogen) atoms. The van der Waals surface area contributed by atoms with Crippen molar-refractivity contribution in [3.8, 4) is 17.2 Å². The van der Waals surface area contributed by atoms with Gasteiger partial charge in [0, 0.05) is 68.5 Å². The maximum absolute atomic E-state index is 9.55. The second-order valence-electron chi connectivity index (χ2n) is 10.8. The molecule has 14 nitrogen and oxygen atoms in total. The van der Waals surface area contributed by atoms with Crippen molar-refractivity contribution in [1.29, 1.82) is 0 Å². The van der Waals surface area contributed by atoms with Gasteiger partial charge >= 0.3 is 23.9 Å². The number of nitrogens with zero attached hydrogens (tertiary/aromatic N) is 2. The summed E-state index contributed by atoms with van der Waals surface area (Å²) >= 11 is 0. The summed E-state index contributed by atoms with van der Waals surface area (Å²) in [4.78, 5) is 43.3. The standard InChI is InChI=1S/C29H36N2O3.2C4H4O4.H2O/c1-32-27-15-14-25(28(33-2)29(27)34-3)22-31-20-18-30(19-21-31)17-16-26(23-10-6-4-7-11-23)24-12-8-5-9-13-24;2*5-3(6)1-2-4(7)8;/h4-15,26H,16-22H2,1-3H3;2*1-2H,(H,5,6)(H,7,8);1H2/b;2*2-1+;. The van der Waals surface area contributed by atoms with Crippen molar-refractivity contribution >= 4 is 23.9 Å². The molecule has 0 amide bonds. The maximum atomic E-state index is 9.55. The van der Waals surface area contributed by atoms with Crippen LogP contribution in [0.1, 0.15) is 29.0 Å². The summed E-state index contributed by atoms with van der Waals surface area (Å²) in [5, 5.41) is 31.2. The number of benzene rings is 3. The Morgan fingerprint density at radius 2 is 1.02 bits per heavy atom. The Kier molecular flexibility index (Phi) is 20.1. The van der Waals surface area contributed by atoms with Gasteiger partial charge in [0.2, 0.25) is 5.75 Å². The fraction of sp³-hybridized carbons (Fsp3) is 0.297. The Morgan fingerprint density at radius 3 is 1.39 bits per heavy atom. The molecule has 0 spiro atoms. The monoisotopic (exact) mass is 710 g/mol. The maximum Gasteiger partial charge on any atom is 0.328 e. The minimum absolute atomic E-state index is 0. The molecule has 0 aromatic heterocycles. The summed E-state index contributed by atoms with van der Waals surface area (Å²) in [5.41, 5.74) is 3.92. The molecule has 0 atom stereocenters. The fourth-order valence-electron chi connectivity index (χ4n) is 5.19. The Labute approximate surface area is 296 Å². The lowest BCUT2D eigenvalue weighted by Crippen LogP contribution is -2.46. The van der Waals surface area contributed by atoms with E-state index in [2.05, 4.69) is 76.5 Å². The number of aliphatic carboxylic acids is 4. The van der Waals surface area contributed by atoms with Crippen molar-refractivity contribution < 1.29 is 59.3 Å². The van der Waals surface area contributed by atoms with Crippen LogP contribution in [0.4, 0.5) is 0 Å². The van der Waals surface area contributed by atoms with Gasteiger partial charge in [-0.3, -0.25) is 4.90 Å². The Hall–Kier alpha value is -5.70. The molecule has 0 aliphatic carbocycles. The first-order valence-electron chi connectivity index (χ1n) is 15.6. The van der Waals surface area contributed by atoms with Gasteiger partial charge in [0.05, 0.1) is 21.3 Å². The molecule has 3 aromatic rings. The second kappa shape index (κ2) is 23.6.